The molecule has 1 fully saturated rings. The molecule has 0 unspecified atom stereocenters. The summed E-state index contributed by atoms with van der Waals surface area (Å²) in [5, 5.41) is 3.30. The molecular weight excluding hydrogens is 228 g/mol. The van der Waals surface area contributed by atoms with Gasteiger partial charge in [0.05, 0.1) is 5.54 Å². The standard InChI is InChI=1S/C13H22N4O/c1-2-8-17-9-7-15-11(12(17)18)16-13(10-14)5-3-4-6-13/h7,9H,2-6,8,10,14H2,1H3,(H,15,16). The Kier molecular flexibility index (Phi) is 4.01. The first kappa shape index (κ1) is 13.1. The van der Waals surface area contributed by atoms with Gasteiger partial charge in [-0.05, 0) is 19.3 Å². The lowest BCUT2D eigenvalue weighted by Gasteiger charge is -2.29. The number of nitrogens with two attached hydrogens (primary N) is 1. The first-order valence-corrected chi connectivity index (χ1v) is 6.74. The lowest BCUT2D eigenvalue weighted by atomic mass is 9.98. The van der Waals surface area contributed by atoms with Crippen LogP contribution in [0, 0.1) is 0 Å². The SMILES string of the molecule is CCCn1ccnc(NC2(CN)CCCC2)c1=O. The van der Waals surface area contributed by atoms with Crippen molar-refractivity contribution in [1.82, 2.24) is 9.55 Å². The van der Waals surface area contributed by atoms with Crippen molar-refractivity contribution in [2.75, 3.05) is 11.9 Å². The molecule has 0 radical (unpaired) electrons. The Morgan fingerprint density at radius 1 is 1.50 bits per heavy atom. The number of hydrogen-bond donors (Lipinski definition) is 2. The van der Waals surface area contributed by atoms with Gasteiger partial charge in [-0.2, -0.15) is 0 Å². The summed E-state index contributed by atoms with van der Waals surface area (Å²) in [6, 6.07) is 0. The smallest absolute Gasteiger partial charge is 0.293 e. The fourth-order valence-corrected chi connectivity index (χ4v) is 2.63. The molecule has 0 bridgehead atoms. The van der Waals surface area contributed by atoms with Crippen LogP contribution in [0.2, 0.25) is 0 Å². The van der Waals surface area contributed by atoms with E-state index in [4.69, 9.17) is 5.73 Å². The average molecular weight is 250 g/mol. The quantitative estimate of drug-likeness (QED) is 0.827. The first-order chi connectivity index (χ1) is 8.71. The Bertz CT molecular complexity index is 449. The molecule has 2 rings (SSSR count). The van der Waals surface area contributed by atoms with Gasteiger partial charge in [0, 0.05) is 25.5 Å². The largest absolute Gasteiger partial charge is 0.359 e. The highest BCUT2D eigenvalue weighted by Crippen LogP contribution is 2.30. The maximum absolute atomic E-state index is 12.2. The molecule has 0 spiro atoms. The summed E-state index contributed by atoms with van der Waals surface area (Å²) >= 11 is 0. The molecule has 1 aromatic rings. The van der Waals surface area contributed by atoms with Crippen LogP contribution in [-0.2, 0) is 6.54 Å². The van der Waals surface area contributed by atoms with Crippen molar-refractivity contribution >= 4 is 5.82 Å². The van der Waals surface area contributed by atoms with Crippen LogP contribution in [0.3, 0.4) is 0 Å². The van der Waals surface area contributed by atoms with Crippen molar-refractivity contribution in [2.24, 2.45) is 5.73 Å². The Morgan fingerprint density at radius 3 is 2.83 bits per heavy atom. The summed E-state index contributed by atoms with van der Waals surface area (Å²) in [7, 11) is 0. The minimum Gasteiger partial charge on any atom is -0.359 e. The summed E-state index contributed by atoms with van der Waals surface area (Å²) in [5.41, 5.74) is 5.69. The summed E-state index contributed by atoms with van der Waals surface area (Å²) in [4.78, 5) is 16.4. The zero-order chi connectivity index (χ0) is 13.0. The monoisotopic (exact) mass is 250 g/mol. The normalized spacial score (nSPS) is 17.9. The van der Waals surface area contributed by atoms with E-state index in [0.29, 0.717) is 12.4 Å². The molecule has 1 aliphatic rings. The van der Waals surface area contributed by atoms with E-state index >= 15 is 0 Å². The van der Waals surface area contributed by atoms with E-state index in [1.807, 2.05) is 0 Å². The summed E-state index contributed by atoms with van der Waals surface area (Å²) in [6.45, 7) is 3.33. The fourth-order valence-electron chi connectivity index (χ4n) is 2.63. The second kappa shape index (κ2) is 5.52. The molecule has 5 heteroatoms. The predicted octanol–water partition coefficient (Wildman–Crippen LogP) is 1.34. The summed E-state index contributed by atoms with van der Waals surface area (Å²) in [6.07, 6.45) is 8.73. The Labute approximate surface area is 107 Å². The van der Waals surface area contributed by atoms with E-state index in [1.54, 1.807) is 17.0 Å². The second-order valence-electron chi connectivity index (χ2n) is 5.09. The van der Waals surface area contributed by atoms with Gasteiger partial charge in [-0.1, -0.05) is 19.8 Å². The molecule has 1 aromatic heterocycles. The Morgan fingerprint density at radius 2 is 2.22 bits per heavy atom. The molecule has 5 nitrogen and oxygen atoms in total. The summed E-state index contributed by atoms with van der Waals surface area (Å²) < 4.78 is 1.70. The van der Waals surface area contributed by atoms with E-state index in [2.05, 4.69) is 17.2 Å². The minimum atomic E-state index is -0.127. The van der Waals surface area contributed by atoms with E-state index in [0.717, 1.165) is 25.8 Å². The number of nitrogens with zero attached hydrogens (tertiary/aromatic N) is 2. The average Bonchev–Trinajstić information content (AvgIpc) is 2.84. The highest BCUT2D eigenvalue weighted by Gasteiger charge is 2.33. The number of aryl methyl sites for hydroxylation is 1. The van der Waals surface area contributed by atoms with Crippen LogP contribution in [0.1, 0.15) is 39.0 Å². The number of anilines is 1. The fraction of sp³-hybridized carbons (Fsp3) is 0.692. The van der Waals surface area contributed by atoms with Gasteiger partial charge in [0.1, 0.15) is 0 Å². The van der Waals surface area contributed by atoms with Crippen LogP contribution >= 0.6 is 0 Å². The minimum absolute atomic E-state index is 0.0425. The van der Waals surface area contributed by atoms with Crippen LogP contribution in [0.4, 0.5) is 5.82 Å². The third-order valence-electron chi connectivity index (χ3n) is 3.71. The maximum atomic E-state index is 12.2. The number of aromatic nitrogens is 2. The number of nitrogens with one attached hydrogen (secondary N) is 1. The van der Waals surface area contributed by atoms with E-state index in [9.17, 15) is 4.79 Å². The van der Waals surface area contributed by atoms with Crippen LogP contribution < -0.4 is 16.6 Å². The van der Waals surface area contributed by atoms with Gasteiger partial charge < -0.3 is 15.6 Å². The highest BCUT2D eigenvalue weighted by molar-refractivity contribution is 5.36. The Hall–Kier alpha value is -1.36. The number of hydrogen-bond acceptors (Lipinski definition) is 4. The van der Waals surface area contributed by atoms with Crippen molar-refractivity contribution in [3.05, 3.63) is 22.7 Å². The molecule has 0 aromatic carbocycles. The molecule has 3 N–H and O–H groups in total. The third kappa shape index (κ3) is 2.56. The molecular formula is C13H22N4O. The lowest BCUT2D eigenvalue weighted by Crippen LogP contribution is -2.45. The van der Waals surface area contributed by atoms with Gasteiger partial charge in [0.15, 0.2) is 5.82 Å². The van der Waals surface area contributed by atoms with Gasteiger partial charge in [-0.15, -0.1) is 0 Å². The Balaban J connectivity index is 2.23. The zero-order valence-corrected chi connectivity index (χ0v) is 11.0. The van der Waals surface area contributed by atoms with Gasteiger partial charge >= 0.3 is 0 Å². The van der Waals surface area contributed by atoms with Crippen LogP contribution in [-0.4, -0.2) is 21.6 Å². The lowest BCUT2D eigenvalue weighted by molar-refractivity contribution is 0.489. The van der Waals surface area contributed by atoms with Crippen LogP contribution in [0.5, 0.6) is 0 Å². The van der Waals surface area contributed by atoms with Gasteiger partial charge in [-0.25, -0.2) is 4.98 Å². The van der Waals surface area contributed by atoms with Crippen LogP contribution in [0.25, 0.3) is 0 Å². The van der Waals surface area contributed by atoms with Crippen molar-refractivity contribution in [3.63, 3.8) is 0 Å². The van der Waals surface area contributed by atoms with Crippen LogP contribution in [0.15, 0.2) is 17.2 Å². The van der Waals surface area contributed by atoms with E-state index in [1.165, 1.54) is 12.8 Å². The molecule has 18 heavy (non-hydrogen) atoms. The molecule has 1 heterocycles. The highest BCUT2D eigenvalue weighted by atomic mass is 16.1. The predicted molar refractivity (Wildman–Crippen MR) is 72.7 cm³/mol. The first-order valence-electron chi connectivity index (χ1n) is 6.74. The molecule has 0 amide bonds. The third-order valence-corrected chi connectivity index (χ3v) is 3.71. The zero-order valence-electron chi connectivity index (χ0n) is 11.0. The molecule has 0 atom stereocenters. The van der Waals surface area contributed by atoms with Crippen molar-refractivity contribution < 1.29 is 0 Å². The van der Waals surface area contributed by atoms with Gasteiger partial charge in [-0.3, -0.25) is 4.79 Å². The molecule has 1 aliphatic carbocycles. The van der Waals surface area contributed by atoms with Crippen molar-refractivity contribution in [1.29, 1.82) is 0 Å². The van der Waals surface area contributed by atoms with Crippen molar-refractivity contribution in [3.8, 4) is 0 Å². The topological polar surface area (TPSA) is 72.9 Å². The second-order valence-corrected chi connectivity index (χ2v) is 5.09. The maximum Gasteiger partial charge on any atom is 0.293 e. The molecule has 1 saturated carbocycles. The van der Waals surface area contributed by atoms with Crippen molar-refractivity contribution in [2.45, 2.75) is 51.1 Å². The molecule has 0 aliphatic heterocycles. The molecule has 0 saturated heterocycles. The van der Waals surface area contributed by atoms with Gasteiger partial charge in [0.25, 0.3) is 5.56 Å². The molecule has 100 valence electrons. The van der Waals surface area contributed by atoms with E-state index in [-0.39, 0.29) is 11.1 Å². The number of rotatable bonds is 5. The van der Waals surface area contributed by atoms with Gasteiger partial charge in [0.2, 0.25) is 0 Å². The summed E-state index contributed by atoms with van der Waals surface area (Å²) in [5.74, 6) is 0.443. The van der Waals surface area contributed by atoms with E-state index < -0.39 is 0 Å².